The number of likely N-dealkylation sites (tertiary alicyclic amines) is 2. The number of rotatable bonds is 4. The molecule has 0 N–H and O–H groups in total. The van der Waals surface area contributed by atoms with Gasteiger partial charge in [0.25, 0.3) is 0 Å². The van der Waals surface area contributed by atoms with Crippen LogP contribution in [0, 0.1) is 0 Å². The normalized spacial score (nSPS) is 22.4. The van der Waals surface area contributed by atoms with Gasteiger partial charge in [-0.25, -0.2) is 4.98 Å². The van der Waals surface area contributed by atoms with Gasteiger partial charge in [-0.15, -0.1) is 11.3 Å². The SMILES string of the molecule is O=C(CN1CCC(c2ccccc2)CC1)N1CCC[C@H]1c1nccs1. The van der Waals surface area contributed by atoms with E-state index in [0.717, 1.165) is 50.3 Å². The maximum absolute atomic E-state index is 12.8. The van der Waals surface area contributed by atoms with Gasteiger partial charge in [-0.05, 0) is 50.3 Å². The molecule has 0 saturated carbocycles. The Hall–Kier alpha value is -1.72. The lowest BCUT2D eigenvalue weighted by Gasteiger charge is -2.33. The van der Waals surface area contributed by atoms with Crippen LogP contribution in [-0.4, -0.2) is 46.9 Å². The molecule has 1 amide bonds. The number of amides is 1. The minimum Gasteiger partial charge on any atom is -0.332 e. The molecular weight excluding hydrogens is 330 g/mol. The van der Waals surface area contributed by atoms with E-state index in [0.29, 0.717) is 12.5 Å². The van der Waals surface area contributed by atoms with Crippen LogP contribution in [0.3, 0.4) is 0 Å². The zero-order valence-corrected chi connectivity index (χ0v) is 15.3. The molecule has 0 radical (unpaired) electrons. The Morgan fingerprint density at radius 1 is 1.12 bits per heavy atom. The summed E-state index contributed by atoms with van der Waals surface area (Å²) in [5.74, 6) is 0.915. The average molecular weight is 356 g/mol. The lowest BCUT2D eigenvalue weighted by Crippen LogP contribution is -2.43. The van der Waals surface area contributed by atoms with E-state index < -0.39 is 0 Å². The van der Waals surface area contributed by atoms with Crippen LogP contribution in [0.15, 0.2) is 41.9 Å². The monoisotopic (exact) mass is 355 g/mol. The number of piperidine rings is 1. The molecule has 2 aliphatic rings. The average Bonchev–Trinajstić information content (AvgIpc) is 3.34. The van der Waals surface area contributed by atoms with Crippen LogP contribution in [0.2, 0.25) is 0 Å². The van der Waals surface area contributed by atoms with E-state index in [9.17, 15) is 4.79 Å². The predicted octanol–water partition coefficient (Wildman–Crippen LogP) is 3.69. The van der Waals surface area contributed by atoms with E-state index in [-0.39, 0.29) is 11.9 Å². The summed E-state index contributed by atoms with van der Waals surface area (Å²) in [4.78, 5) is 21.7. The third kappa shape index (κ3) is 3.77. The molecule has 4 nitrogen and oxygen atoms in total. The van der Waals surface area contributed by atoms with Gasteiger partial charge in [-0.2, -0.15) is 0 Å². The van der Waals surface area contributed by atoms with Gasteiger partial charge in [0.05, 0.1) is 12.6 Å². The summed E-state index contributed by atoms with van der Waals surface area (Å²) in [7, 11) is 0. The van der Waals surface area contributed by atoms with Gasteiger partial charge in [-0.3, -0.25) is 9.69 Å². The Labute approximate surface area is 153 Å². The molecule has 0 aliphatic carbocycles. The third-order valence-corrected chi connectivity index (χ3v) is 6.40. The van der Waals surface area contributed by atoms with E-state index in [1.165, 1.54) is 5.56 Å². The molecule has 1 atom stereocenters. The Morgan fingerprint density at radius 2 is 1.92 bits per heavy atom. The largest absolute Gasteiger partial charge is 0.332 e. The number of carbonyl (C=O) groups is 1. The summed E-state index contributed by atoms with van der Waals surface area (Å²) in [5.41, 5.74) is 1.44. The van der Waals surface area contributed by atoms with Crippen molar-refractivity contribution in [1.82, 2.24) is 14.8 Å². The molecule has 5 heteroatoms. The van der Waals surface area contributed by atoms with Crippen molar-refractivity contribution < 1.29 is 4.79 Å². The van der Waals surface area contributed by atoms with Gasteiger partial charge in [-0.1, -0.05) is 30.3 Å². The Morgan fingerprint density at radius 3 is 2.64 bits per heavy atom. The first kappa shape index (κ1) is 16.7. The molecule has 2 fully saturated rings. The second-order valence-electron chi connectivity index (χ2n) is 7.08. The molecule has 132 valence electrons. The summed E-state index contributed by atoms with van der Waals surface area (Å²) >= 11 is 1.67. The van der Waals surface area contributed by atoms with Crippen molar-refractivity contribution in [3.8, 4) is 0 Å². The molecule has 2 aromatic rings. The summed E-state index contributed by atoms with van der Waals surface area (Å²) in [5, 5.41) is 3.10. The van der Waals surface area contributed by atoms with Gasteiger partial charge in [0.2, 0.25) is 5.91 Å². The standard InChI is InChI=1S/C20H25N3OS/c24-19(23-11-4-7-18(23)20-21-10-14-25-20)15-22-12-8-17(9-13-22)16-5-2-1-3-6-16/h1-3,5-6,10,14,17-18H,4,7-9,11-13,15H2/t18-/m0/s1. The first-order valence-corrected chi connectivity index (χ1v) is 10.2. The Balaban J connectivity index is 1.32. The van der Waals surface area contributed by atoms with E-state index in [1.807, 2.05) is 11.6 Å². The molecule has 1 aromatic heterocycles. The lowest BCUT2D eigenvalue weighted by molar-refractivity contribution is -0.133. The predicted molar refractivity (Wildman–Crippen MR) is 101 cm³/mol. The number of benzene rings is 1. The number of hydrogen-bond donors (Lipinski definition) is 0. The van der Waals surface area contributed by atoms with E-state index in [1.54, 1.807) is 11.3 Å². The van der Waals surface area contributed by atoms with Crippen LogP contribution < -0.4 is 0 Å². The van der Waals surface area contributed by atoms with Crippen LogP contribution in [0.4, 0.5) is 0 Å². The summed E-state index contributed by atoms with van der Waals surface area (Å²) in [6.45, 7) is 3.47. The molecular formula is C20H25N3OS. The fourth-order valence-electron chi connectivity index (χ4n) is 4.15. The third-order valence-electron chi connectivity index (χ3n) is 5.53. The lowest BCUT2D eigenvalue weighted by atomic mass is 9.89. The van der Waals surface area contributed by atoms with Crippen molar-refractivity contribution in [2.24, 2.45) is 0 Å². The first-order chi connectivity index (χ1) is 12.3. The number of nitrogens with zero attached hydrogens (tertiary/aromatic N) is 3. The van der Waals surface area contributed by atoms with Crippen LogP contribution in [-0.2, 0) is 4.79 Å². The minimum atomic E-state index is 0.203. The quantitative estimate of drug-likeness (QED) is 0.839. The maximum Gasteiger partial charge on any atom is 0.237 e. The van der Waals surface area contributed by atoms with Gasteiger partial charge in [0, 0.05) is 18.1 Å². The molecule has 4 rings (SSSR count). The molecule has 1 aromatic carbocycles. The molecule has 2 saturated heterocycles. The minimum absolute atomic E-state index is 0.203. The summed E-state index contributed by atoms with van der Waals surface area (Å²) in [6.07, 6.45) is 6.27. The highest BCUT2D eigenvalue weighted by Crippen LogP contribution is 2.33. The number of carbonyl (C=O) groups excluding carboxylic acids is 1. The van der Waals surface area contributed by atoms with Crippen molar-refractivity contribution in [2.45, 2.75) is 37.6 Å². The topological polar surface area (TPSA) is 36.4 Å². The second kappa shape index (κ2) is 7.67. The van der Waals surface area contributed by atoms with Crippen LogP contribution in [0.1, 0.15) is 48.2 Å². The molecule has 3 heterocycles. The van der Waals surface area contributed by atoms with Gasteiger partial charge in [0.15, 0.2) is 0 Å². The van der Waals surface area contributed by atoms with Gasteiger partial charge < -0.3 is 4.90 Å². The maximum atomic E-state index is 12.8. The van der Waals surface area contributed by atoms with Gasteiger partial charge >= 0.3 is 0 Å². The molecule has 0 bridgehead atoms. The van der Waals surface area contributed by atoms with Crippen molar-refractivity contribution in [1.29, 1.82) is 0 Å². The Bertz CT molecular complexity index is 680. The number of aromatic nitrogens is 1. The summed E-state index contributed by atoms with van der Waals surface area (Å²) < 4.78 is 0. The van der Waals surface area contributed by atoms with Crippen LogP contribution in [0.25, 0.3) is 0 Å². The molecule has 25 heavy (non-hydrogen) atoms. The van der Waals surface area contributed by atoms with Crippen molar-refractivity contribution in [3.05, 3.63) is 52.5 Å². The molecule has 0 unspecified atom stereocenters. The first-order valence-electron chi connectivity index (χ1n) is 9.27. The van der Waals surface area contributed by atoms with E-state index in [4.69, 9.17) is 0 Å². The van der Waals surface area contributed by atoms with Crippen molar-refractivity contribution in [3.63, 3.8) is 0 Å². The second-order valence-corrected chi connectivity index (χ2v) is 8.00. The Kier molecular flexibility index (Phi) is 5.13. The van der Waals surface area contributed by atoms with E-state index in [2.05, 4.69) is 45.1 Å². The highest BCUT2D eigenvalue weighted by Gasteiger charge is 2.32. The highest BCUT2D eigenvalue weighted by molar-refractivity contribution is 7.09. The van der Waals surface area contributed by atoms with Gasteiger partial charge in [0.1, 0.15) is 5.01 Å². The van der Waals surface area contributed by atoms with Crippen LogP contribution in [0.5, 0.6) is 0 Å². The fraction of sp³-hybridized carbons (Fsp3) is 0.500. The smallest absolute Gasteiger partial charge is 0.237 e. The van der Waals surface area contributed by atoms with Crippen molar-refractivity contribution in [2.75, 3.05) is 26.2 Å². The molecule has 0 spiro atoms. The zero-order valence-electron chi connectivity index (χ0n) is 14.5. The van der Waals surface area contributed by atoms with E-state index >= 15 is 0 Å². The number of thiazole rings is 1. The molecule has 2 aliphatic heterocycles. The fourth-order valence-corrected chi connectivity index (χ4v) is 4.94. The number of hydrogen-bond acceptors (Lipinski definition) is 4. The highest BCUT2D eigenvalue weighted by atomic mass is 32.1. The zero-order chi connectivity index (χ0) is 17.1. The summed E-state index contributed by atoms with van der Waals surface area (Å²) in [6, 6.07) is 11.0. The van der Waals surface area contributed by atoms with Crippen molar-refractivity contribution >= 4 is 17.2 Å². The van der Waals surface area contributed by atoms with Crippen LogP contribution >= 0.6 is 11.3 Å².